The van der Waals surface area contributed by atoms with E-state index < -0.39 is 12.0 Å². The van der Waals surface area contributed by atoms with Gasteiger partial charge in [0.25, 0.3) is 0 Å². The van der Waals surface area contributed by atoms with Crippen LogP contribution in [0.15, 0.2) is 23.0 Å². The molecule has 1 amide bonds. The number of hydrogen-bond acceptors (Lipinski definition) is 4. The molecule has 2 unspecified atom stereocenters. The molecule has 1 aliphatic heterocycles. The molecule has 1 fully saturated rings. The number of aryl methyl sites for hydroxylation is 1. The van der Waals surface area contributed by atoms with Crippen molar-refractivity contribution in [1.29, 1.82) is 0 Å². The maximum Gasteiger partial charge on any atom is 0.326 e. The van der Waals surface area contributed by atoms with Gasteiger partial charge in [0.1, 0.15) is 6.04 Å². The minimum Gasteiger partial charge on any atom is -0.480 e. The maximum absolute atomic E-state index is 12.1. The summed E-state index contributed by atoms with van der Waals surface area (Å²) in [5.74, 6) is -1.13. The Bertz CT molecular complexity index is 442. The summed E-state index contributed by atoms with van der Waals surface area (Å²) < 4.78 is 10.1. The normalized spacial score (nSPS) is 22.7. The fraction of sp³-hybridized carbons (Fsp3) is 0.538. The molecule has 1 aromatic rings. The Hall–Kier alpha value is -1.82. The Morgan fingerprint density at radius 3 is 2.95 bits per heavy atom. The highest BCUT2D eigenvalue weighted by molar-refractivity contribution is 5.84. The Morgan fingerprint density at radius 2 is 2.37 bits per heavy atom. The number of carbonyl (C=O) groups is 2. The smallest absolute Gasteiger partial charge is 0.326 e. The molecular weight excluding hydrogens is 250 g/mol. The number of aliphatic carboxylic acids is 1. The van der Waals surface area contributed by atoms with Gasteiger partial charge in [-0.05, 0) is 18.1 Å². The number of carbonyl (C=O) groups excluding carboxylic acids is 1. The zero-order valence-electron chi connectivity index (χ0n) is 10.7. The number of carboxylic acids is 1. The standard InChI is InChI=1S/C13H17NO5/c1-18-10-6-11(13(16)17)14(7-10)12(15)3-2-9-4-5-19-8-9/h4-5,8,10-11H,2-3,6-7H2,1H3,(H,16,17). The van der Waals surface area contributed by atoms with Crippen molar-refractivity contribution >= 4 is 11.9 Å². The maximum atomic E-state index is 12.1. The molecule has 1 aliphatic rings. The van der Waals surface area contributed by atoms with Gasteiger partial charge < -0.3 is 19.2 Å². The Morgan fingerprint density at radius 1 is 1.58 bits per heavy atom. The molecule has 1 N–H and O–H groups in total. The van der Waals surface area contributed by atoms with Gasteiger partial charge in [-0.15, -0.1) is 0 Å². The molecule has 0 aliphatic carbocycles. The van der Waals surface area contributed by atoms with E-state index >= 15 is 0 Å². The molecule has 1 saturated heterocycles. The quantitative estimate of drug-likeness (QED) is 0.857. The first-order valence-electron chi connectivity index (χ1n) is 6.18. The molecule has 1 aromatic heterocycles. The van der Waals surface area contributed by atoms with Gasteiger partial charge >= 0.3 is 5.97 Å². The van der Waals surface area contributed by atoms with Crippen LogP contribution in [0.2, 0.25) is 0 Å². The Kier molecular flexibility index (Phi) is 4.21. The number of hydrogen-bond donors (Lipinski definition) is 1. The SMILES string of the molecule is COC1CC(C(=O)O)N(C(=O)CCc2ccoc2)C1. The highest BCUT2D eigenvalue weighted by atomic mass is 16.5. The molecule has 0 radical (unpaired) electrons. The van der Waals surface area contributed by atoms with Crippen LogP contribution in [0.25, 0.3) is 0 Å². The van der Waals surface area contributed by atoms with E-state index in [1.54, 1.807) is 18.6 Å². The van der Waals surface area contributed by atoms with Gasteiger partial charge in [-0.25, -0.2) is 4.79 Å². The summed E-state index contributed by atoms with van der Waals surface area (Å²) in [6.45, 7) is 0.345. The topological polar surface area (TPSA) is 80.0 Å². The predicted molar refractivity (Wildman–Crippen MR) is 65.6 cm³/mol. The van der Waals surface area contributed by atoms with Crippen molar-refractivity contribution in [3.05, 3.63) is 24.2 Å². The van der Waals surface area contributed by atoms with Crippen molar-refractivity contribution < 1.29 is 23.8 Å². The molecule has 0 saturated carbocycles. The van der Waals surface area contributed by atoms with Gasteiger partial charge in [0.15, 0.2) is 0 Å². The lowest BCUT2D eigenvalue weighted by Gasteiger charge is -2.21. The first-order chi connectivity index (χ1) is 9.11. The third-order valence-electron chi connectivity index (χ3n) is 3.41. The van der Waals surface area contributed by atoms with Crippen LogP contribution in [-0.4, -0.2) is 47.7 Å². The summed E-state index contributed by atoms with van der Waals surface area (Å²) in [6.07, 6.45) is 4.12. The van der Waals surface area contributed by atoms with Crippen LogP contribution in [0.3, 0.4) is 0 Å². The van der Waals surface area contributed by atoms with E-state index in [2.05, 4.69) is 0 Å². The number of furan rings is 1. The van der Waals surface area contributed by atoms with Crippen molar-refractivity contribution in [3.8, 4) is 0 Å². The number of nitrogens with zero attached hydrogens (tertiary/aromatic N) is 1. The minimum absolute atomic E-state index is 0.159. The zero-order chi connectivity index (χ0) is 13.8. The van der Waals surface area contributed by atoms with Crippen molar-refractivity contribution in [3.63, 3.8) is 0 Å². The van der Waals surface area contributed by atoms with Gasteiger partial charge in [-0.2, -0.15) is 0 Å². The molecule has 6 nitrogen and oxygen atoms in total. The molecule has 0 spiro atoms. The molecule has 0 bridgehead atoms. The number of likely N-dealkylation sites (tertiary alicyclic amines) is 1. The first-order valence-corrected chi connectivity index (χ1v) is 6.18. The third-order valence-corrected chi connectivity index (χ3v) is 3.41. The van der Waals surface area contributed by atoms with Crippen molar-refractivity contribution in [2.24, 2.45) is 0 Å². The lowest BCUT2D eigenvalue weighted by Crippen LogP contribution is -2.40. The van der Waals surface area contributed by atoms with E-state index in [0.717, 1.165) is 5.56 Å². The van der Waals surface area contributed by atoms with Crippen molar-refractivity contribution in [2.75, 3.05) is 13.7 Å². The molecule has 2 atom stereocenters. The summed E-state index contributed by atoms with van der Waals surface area (Å²) in [6, 6.07) is 1.02. The highest BCUT2D eigenvalue weighted by Crippen LogP contribution is 2.21. The van der Waals surface area contributed by atoms with E-state index in [-0.39, 0.29) is 18.4 Å². The van der Waals surface area contributed by atoms with Crippen molar-refractivity contribution in [2.45, 2.75) is 31.4 Å². The molecule has 2 heterocycles. The third kappa shape index (κ3) is 3.14. The number of ether oxygens (including phenoxy) is 1. The predicted octanol–water partition coefficient (Wildman–Crippen LogP) is 0.913. The van der Waals surface area contributed by atoms with Gasteiger partial charge in [-0.3, -0.25) is 4.79 Å². The zero-order valence-corrected chi connectivity index (χ0v) is 10.7. The molecule has 104 valence electrons. The lowest BCUT2D eigenvalue weighted by atomic mass is 10.1. The Balaban J connectivity index is 1.94. The van der Waals surface area contributed by atoms with Gasteiger partial charge in [-0.1, -0.05) is 0 Å². The van der Waals surface area contributed by atoms with Crippen molar-refractivity contribution in [1.82, 2.24) is 4.90 Å². The van der Waals surface area contributed by atoms with Crippen LogP contribution in [0.1, 0.15) is 18.4 Å². The Labute approximate surface area is 110 Å². The second kappa shape index (κ2) is 5.88. The van der Waals surface area contributed by atoms with Crippen LogP contribution < -0.4 is 0 Å². The largest absolute Gasteiger partial charge is 0.480 e. The molecule has 2 rings (SSSR count). The molecule has 6 heteroatoms. The molecule has 0 aromatic carbocycles. The monoisotopic (exact) mass is 267 g/mol. The van der Waals surface area contributed by atoms with E-state index in [1.165, 1.54) is 12.0 Å². The minimum atomic E-state index is -0.976. The highest BCUT2D eigenvalue weighted by Gasteiger charge is 2.39. The van der Waals surface area contributed by atoms with Crippen LogP contribution >= 0.6 is 0 Å². The second-order valence-electron chi connectivity index (χ2n) is 4.63. The van der Waals surface area contributed by atoms with E-state index in [4.69, 9.17) is 14.3 Å². The summed E-state index contributed by atoms with van der Waals surface area (Å²) in [5, 5.41) is 9.13. The van der Waals surface area contributed by atoms with Crippen LogP contribution in [0.4, 0.5) is 0 Å². The van der Waals surface area contributed by atoms with Gasteiger partial charge in [0, 0.05) is 26.5 Å². The second-order valence-corrected chi connectivity index (χ2v) is 4.63. The fourth-order valence-electron chi connectivity index (χ4n) is 2.31. The molecule has 19 heavy (non-hydrogen) atoms. The van der Waals surface area contributed by atoms with E-state index in [9.17, 15) is 9.59 Å². The summed E-state index contributed by atoms with van der Waals surface area (Å²) in [4.78, 5) is 24.6. The van der Waals surface area contributed by atoms with Crippen LogP contribution in [-0.2, 0) is 20.7 Å². The number of carboxylic acid groups (broad SMARTS) is 1. The summed E-state index contributed by atoms with van der Waals surface area (Å²) in [7, 11) is 1.53. The lowest BCUT2D eigenvalue weighted by molar-refractivity contribution is -0.148. The number of methoxy groups -OCH3 is 1. The number of rotatable bonds is 5. The van der Waals surface area contributed by atoms with E-state index in [1.807, 2.05) is 0 Å². The van der Waals surface area contributed by atoms with Crippen LogP contribution in [0.5, 0.6) is 0 Å². The average molecular weight is 267 g/mol. The summed E-state index contributed by atoms with van der Waals surface area (Å²) in [5.41, 5.74) is 0.933. The molecular formula is C13H17NO5. The van der Waals surface area contributed by atoms with Gasteiger partial charge in [0.2, 0.25) is 5.91 Å². The van der Waals surface area contributed by atoms with Crippen LogP contribution in [0, 0.1) is 0 Å². The average Bonchev–Trinajstić information content (AvgIpc) is 3.04. The number of amides is 1. The fourth-order valence-corrected chi connectivity index (χ4v) is 2.31. The van der Waals surface area contributed by atoms with E-state index in [0.29, 0.717) is 19.4 Å². The first kappa shape index (κ1) is 13.6. The summed E-state index contributed by atoms with van der Waals surface area (Å²) >= 11 is 0. The van der Waals surface area contributed by atoms with Gasteiger partial charge in [0.05, 0.1) is 18.6 Å².